The van der Waals surface area contributed by atoms with Crippen LogP contribution in [0.5, 0.6) is 0 Å². The first-order chi connectivity index (χ1) is 8.92. The number of rotatable bonds is 8. The number of urea groups is 1. The number of aliphatic carboxylic acids is 2. The summed E-state index contributed by atoms with van der Waals surface area (Å²) in [5.41, 5.74) is 0. The second-order valence-electron chi connectivity index (χ2n) is 3.84. The quantitative estimate of drug-likeness (QED) is 0.552. The second-order valence-corrected chi connectivity index (χ2v) is 3.84. The molecule has 3 N–H and O–H groups in total. The van der Waals surface area contributed by atoms with Gasteiger partial charge in [0.15, 0.2) is 0 Å². The normalized spacial score (nSPS) is 11.2. The van der Waals surface area contributed by atoms with E-state index in [9.17, 15) is 14.4 Å². The molecular formula is C12H18N2O5. The minimum atomic E-state index is -1.20. The molecule has 0 aliphatic heterocycles. The van der Waals surface area contributed by atoms with Crippen LogP contribution in [0.4, 0.5) is 4.79 Å². The SMILES string of the molecule is C#CCN(CC)C(=O)N[C@H](CCCC(=O)O)C(=O)O. The Morgan fingerprint density at radius 1 is 1.37 bits per heavy atom. The Hall–Kier alpha value is -2.23. The Morgan fingerprint density at radius 2 is 2.00 bits per heavy atom. The van der Waals surface area contributed by atoms with E-state index < -0.39 is 24.0 Å². The number of nitrogens with one attached hydrogen (secondary N) is 1. The molecule has 0 fully saturated rings. The van der Waals surface area contributed by atoms with Gasteiger partial charge >= 0.3 is 18.0 Å². The number of carbonyl (C=O) groups is 3. The molecule has 0 spiro atoms. The van der Waals surface area contributed by atoms with Crippen LogP contribution in [0.15, 0.2) is 0 Å². The molecular weight excluding hydrogens is 252 g/mol. The van der Waals surface area contributed by atoms with Crippen molar-refractivity contribution in [2.24, 2.45) is 0 Å². The molecule has 0 aromatic heterocycles. The van der Waals surface area contributed by atoms with Crippen LogP contribution in [0, 0.1) is 12.3 Å². The Bertz CT molecular complexity index is 375. The molecule has 0 heterocycles. The lowest BCUT2D eigenvalue weighted by molar-refractivity contribution is -0.140. The van der Waals surface area contributed by atoms with Crippen molar-refractivity contribution in [1.82, 2.24) is 10.2 Å². The fourth-order valence-corrected chi connectivity index (χ4v) is 1.39. The molecule has 7 nitrogen and oxygen atoms in total. The van der Waals surface area contributed by atoms with Crippen LogP contribution >= 0.6 is 0 Å². The maximum Gasteiger partial charge on any atom is 0.326 e. The van der Waals surface area contributed by atoms with Gasteiger partial charge in [-0.2, -0.15) is 0 Å². The van der Waals surface area contributed by atoms with Gasteiger partial charge in [0.2, 0.25) is 0 Å². The third-order valence-electron chi connectivity index (χ3n) is 2.43. The molecule has 0 radical (unpaired) electrons. The average molecular weight is 270 g/mol. The first-order valence-electron chi connectivity index (χ1n) is 5.85. The highest BCUT2D eigenvalue weighted by molar-refractivity contribution is 5.82. The first-order valence-corrected chi connectivity index (χ1v) is 5.85. The van der Waals surface area contributed by atoms with Crippen LogP contribution in [-0.4, -0.2) is 52.2 Å². The van der Waals surface area contributed by atoms with Gasteiger partial charge in [0.25, 0.3) is 0 Å². The Labute approximate surface area is 111 Å². The zero-order valence-electron chi connectivity index (χ0n) is 10.8. The monoisotopic (exact) mass is 270 g/mol. The molecule has 0 aromatic rings. The van der Waals surface area contributed by atoms with E-state index >= 15 is 0 Å². The molecule has 0 aromatic carbocycles. The van der Waals surface area contributed by atoms with E-state index in [1.54, 1.807) is 6.92 Å². The van der Waals surface area contributed by atoms with E-state index in [0.29, 0.717) is 6.54 Å². The third kappa shape index (κ3) is 6.93. The second kappa shape index (κ2) is 8.80. The standard InChI is InChI=1S/C12H18N2O5/c1-3-8-14(4-2)12(19)13-9(11(17)18)6-5-7-10(15)16/h1,9H,4-8H2,2H3,(H,13,19)(H,15,16)(H,17,18)/t9-/m1/s1. The van der Waals surface area contributed by atoms with Crippen LogP contribution in [0.2, 0.25) is 0 Å². The van der Waals surface area contributed by atoms with E-state index in [4.69, 9.17) is 16.6 Å². The predicted octanol–water partition coefficient (Wildman–Crippen LogP) is 0.359. The molecule has 0 aliphatic carbocycles. The van der Waals surface area contributed by atoms with Gasteiger partial charge in [-0.1, -0.05) is 5.92 Å². The molecule has 0 bridgehead atoms. The van der Waals surface area contributed by atoms with Gasteiger partial charge in [-0.05, 0) is 19.8 Å². The minimum absolute atomic E-state index is 0.0565. The molecule has 0 rings (SSSR count). The summed E-state index contributed by atoms with van der Waals surface area (Å²) in [6, 6.07) is -1.68. The van der Waals surface area contributed by atoms with Gasteiger partial charge in [-0.25, -0.2) is 9.59 Å². The summed E-state index contributed by atoms with van der Waals surface area (Å²) < 4.78 is 0. The van der Waals surface area contributed by atoms with Crippen LogP contribution in [-0.2, 0) is 9.59 Å². The Morgan fingerprint density at radius 3 is 2.42 bits per heavy atom. The number of carboxylic acid groups (broad SMARTS) is 2. The number of nitrogens with zero attached hydrogens (tertiary/aromatic N) is 1. The van der Waals surface area contributed by atoms with E-state index in [0.717, 1.165) is 0 Å². The van der Waals surface area contributed by atoms with E-state index in [1.807, 2.05) is 0 Å². The molecule has 0 unspecified atom stereocenters. The molecule has 0 saturated heterocycles. The number of carboxylic acids is 2. The summed E-state index contributed by atoms with van der Waals surface area (Å²) in [6.45, 7) is 2.17. The number of amides is 2. The summed E-state index contributed by atoms with van der Waals surface area (Å²) in [6.07, 6.45) is 5.19. The van der Waals surface area contributed by atoms with Crippen LogP contribution in [0.3, 0.4) is 0 Å². The van der Waals surface area contributed by atoms with Crippen molar-refractivity contribution in [3.05, 3.63) is 0 Å². The Balaban J connectivity index is 4.41. The number of hydrogen-bond acceptors (Lipinski definition) is 3. The average Bonchev–Trinajstić information content (AvgIpc) is 2.33. The van der Waals surface area contributed by atoms with Crippen molar-refractivity contribution in [3.63, 3.8) is 0 Å². The fourth-order valence-electron chi connectivity index (χ4n) is 1.39. The maximum atomic E-state index is 11.7. The molecule has 0 aliphatic rings. The fraction of sp³-hybridized carbons (Fsp3) is 0.583. The van der Waals surface area contributed by atoms with Crippen molar-refractivity contribution in [1.29, 1.82) is 0 Å². The van der Waals surface area contributed by atoms with Gasteiger partial charge in [0.1, 0.15) is 6.04 Å². The van der Waals surface area contributed by atoms with Crippen molar-refractivity contribution in [2.45, 2.75) is 32.2 Å². The Kier molecular flexibility index (Phi) is 7.77. The molecule has 1 atom stereocenters. The van der Waals surface area contributed by atoms with Gasteiger partial charge in [0.05, 0.1) is 6.54 Å². The van der Waals surface area contributed by atoms with E-state index in [1.165, 1.54) is 4.90 Å². The third-order valence-corrected chi connectivity index (χ3v) is 2.43. The minimum Gasteiger partial charge on any atom is -0.481 e. The predicted molar refractivity (Wildman–Crippen MR) is 67.5 cm³/mol. The first kappa shape index (κ1) is 16.8. The summed E-state index contributed by atoms with van der Waals surface area (Å²) in [4.78, 5) is 34.3. The summed E-state index contributed by atoms with van der Waals surface area (Å²) >= 11 is 0. The van der Waals surface area contributed by atoms with Crippen molar-refractivity contribution < 1.29 is 24.6 Å². The molecule has 19 heavy (non-hydrogen) atoms. The van der Waals surface area contributed by atoms with Gasteiger partial charge in [-0.15, -0.1) is 6.42 Å². The summed E-state index contributed by atoms with van der Waals surface area (Å²) in [5, 5.41) is 19.8. The zero-order chi connectivity index (χ0) is 14.8. The smallest absolute Gasteiger partial charge is 0.326 e. The van der Waals surface area contributed by atoms with Gasteiger partial charge in [0, 0.05) is 13.0 Å². The summed E-state index contributed by atoms with van der Waals surface area (Å²) in [7, 11) is 0. The summed E-state index contributed by atoms with van der Waals surface area (Å²) in [5.74, 6) is 0.0997. The number of hydrogen-bond donors (Lipinski definition) is 3. The van der Waals surface area contributed by atoms with Gasteiger partial charge < -0.3 is 20.4 Å². The lowest BCUT2D eigenvalue weighted by atomic mass is 10.1. The highest BCUT2D eigenvalue weighted by Gasteiger charge is 2.22. The largest absolute Gasteiger partial charge is 0.481 e. The zero-order valence-corrected chi connectivity index (χ0v) is 10.8. The lowest BCUT2D eigenvalue weighted by Gasteiger charge is -2.22. The molecule has 106 valence electrons. The number of carbonyl (C=O) groups excluding carboxylic acids is 1. The highest BCUT2D eigenvalue weighted by atomic mass is 16.4. The van der Waals surface area contributed by atoms with Crippen LogP contribution in [0.1, 0.15) is 26.2 Å². The van der Waals surface area contributed by atoms with Gasteiger partial charge in [-0.3, -0.25) is 4.79 Å². The highest BCUT2D eigenvalue weighted by Crippen LogP contribution is 2.03. The molecule has 2 amide bonds. The maximum absolute atomic E-state index is 11.7. The van der Waals surface area contributed by atoms with Crippen LogP contribution < -0.4 is 5.32 Å². The lowest BCUT2D eigenvalue weighted by Crippen LogP contribution is -2.48. The molecule has 0 saturated carbocycles. The van der Waals surface area contributed by atoms with Crippen molar-refractivity contribution in [2.75, 3.05) is 13.1 Å². The van der Waals surface area contributed by atoms with Crippen molar-refractivity contribution in [3.8, 4) is 12.3 Å². The topological polar surface area (TPSA) is 107 Å². The van der Waals surface area contributed by atoms with E-state index in [2.05, 4.69) is 11.2 Å². The van der Waals surface area contributed by atoms with Crippen LogP contribution in [0.25, 0.3) is 0 Å². The molecule has 7 heteroatoms. The van der Waals surface area contributed by atoms with Crippen molar-refractivity contribution >= 4 is 18.0 Å². The van der Waals surface area contributed by atoms with E-state index in [-0.39, 0.29) is 25.8 Å². The number of terminal acetylenes is 1.